The zero-order valence-corrected chi connectivity index (χ0v) is 11.9. The van der Waals surface area contributed by atoms with Crippen LogP contribution in [0.1, 0.15) is 11.1 Å². The molecule has 0 bridgehead atoms. The molecule has 0 spiro atoms. The molecule has 2 rings (SSSR count). The minimum absolute atomic E-state index is 0.208. The summed E-state index contributed by atoms with van der Waals surface area (Å²) in [6.45, 7) is 1.77. The fraction of sp³-hybridized carbons (Fsp3) is 0.250. The van der Waals surface area contributed by atoms with Gasteiger partial charge in [0.25, 0.3) is 10.0 Å². The van der Waals surface area contributed by atoms with Gasteiger partial charge in [0, 0.05) is 11.4 Å². The maximum absolute atomic E-state index is 12.1. The second kappa shape index (κ2) is 5.63. The normalized spacial score (nSPS) is 11.5. The molecule has 1 aromatic carbocycles. The molecule has 0 aliphatic rings. The van der Waals surface area contributed by atoms with Gasteiger partial charge in [-0.25, -0.2) is 8.42 Å². The van der Waals surface area contributed by atoms with E-state index >= 15 is 0 Å². The van der Waals surface area contributed by atoms with Crippen LogP contribution in [0, 0.1) is 6.92 Å². The van der Waals surface area contributed by atoms with E-state index in [4.69, 9.17) is 11.6 Å². The van der Waals surface area contributed by atoms with Crippen molar-refractivity contribution in [3.05, 3.63) is 41.6 Å². The number of halogens is 1. The summed E-state index contributed by atoms with van der Waals surface area (Å²) in [5.41, 5.74) is 1.74. The Kier molecular flexibility index (Phi) is 4.11. The Hall–Kier alpha value is -1.53. The van der Waals surface area contributed by atoms with Gasteiger partial charge in [0.2, 0.25) is 0 Å². The number of hydrogen-bond acceptors (Lipinski definition) is 3. The average Bonchev–Trinajstić information content (AvgIpc) is 2.75. The molecular weight excluding hydrogens is 286 g/mol. The lowest BCUT2D eigenvalue weighted by molar-refractivity contribution is 0.601. The summed E-state index contributed by atoms with van der Waals surface area (Å²) < 4.78 is 26.7. The van der Waals surface area contributed by atoms with Crippen molar-refractivity contribution in [3.63, 3.8) is 0 Å². The van der Waals surface area contributed by atoms with Crippen LogP contribution in [0.25, 0.3) is 0 Å². The Morgan fingerprint density at radius 2 is 2.00 bits per heavy atom. The molecule has 0 radical (unpaired) electrons. The third kappa shape index (κ3) is 3.27. The third-order valence-corrected chi connectivity index (χ3v) is 4.24. The lowest BCUT2D eigenvalue weighted by Crippen LogP contribution is -2.14. The molecule has 5 nitrogen and oxygen atoms in total. The first-order valence-corrected chi connectivity index (χ1v) is 7.72. The number of nitrogens with one attached hydrogen (secondary N) is 2. The summed E-state index contributed by atoms with van der Waals surface area (Å²) in [4.78, 5) is 0.208. The van der Waals surface area contributed by atoms with Gasteiger partial charge in [-0.1, -0.05) is 12.1 Å². The Morgan fingerprint density at radius 1 is 1.32 bits per heavy atom. The van der Waals surface area contributed by atoms with Crippen LogP contribution < -0.4 is 4.72 Å². The molecule has 2 aromatic rings. The van der Waals surface area contributed by atoms with E-state index in [1.807, 2.05) is 0 Å². The standard InChI is InChI=1S/C12H14ClN3O2S/c1-9-8-14-15-12(9)16-19(17,18)11-4-2-10(3-5-11)6-7-13/h2-5,8H,6-7H2,1H3,(H2,14,15,16). The van der Waals surface area contributed by atoms with E-state index in [1.165, 1.54) is 0 Å². The number of aryl methyl sites for hydroxylation is 2. The van der Waals surface area contributed by atoms with Gasteiger partial charge in [-0.15, -0.1) is 11.6 Å². The molecule has 1 heterocycles. The van der Waals surface area contributed by atoms with Crippen molar-refractivity contribution in [2.75, 3.05) is 10.6 Å². The van der Waals surface area contributed by atoms with E-state index in [0.29, 0.717) is 11.7 Å². The number of aromatic amines is 1. The Balaban J connectivity index is 2.22. The Labute approximate surface area is 117 Å². The van der Waals surface area contributed by atoms with E-state index in [0.717, 1.165) is 17.5 Å². The zero-order valence-electron chi connectivity index (χ0n) is 10.4. The molecule has 7 heteroatoms. The number of benzene rings is 1. The van der Waals surface area contributed by atoms with Gasteiger partial charge in [0.1, 0.15) is 5.82 Å². The molecule has 0 aliphatic heterocycles. The highest BCUT2D eigenvalue weighted by atomic mass is 35.5. The number of nitrogens with zero attached hydrogens (tertiary/aromatic N) is 1. The zero-order chi connectivity index (χ0) is 13.9. The van der Waals surface area contributed by atoms with E-state index in [1.54, 1.807) is 37.4 Å². The number of hydrogen-bond donors (Lipinski definition) is 2. The van der Waals surface area contributed by atoms with Gasteiger partial charge in [0.15, 0.2) is 0 Å². The fourth-order valence-electron chi connectivity index (χ4n) is 1.59. The third-order valence-electron chi connectivity index (χ3n) is 2.68. The minimum atomic E-state index is -3.59. The summed E-state index contributed by atoms with van der Waals surface area (Å²) >= 11 is 5.64. The van der Waals surface area contributed by atoms with E-state index in [-0.39, 0.29) is 4.90 Å². The van der Waals surface area contributed by atoms with E-state index < -0.39 is 10.0 Å². The van der Waals surface area contributed by atoms with Crippen molar-refractivity contribution in [2.24, 2.45) is 0 Å². The highest BCUT2D eigenvalue weighted by molar-refractivity contribution is 7.92. The molecular formula is C12H14ClN3O2S. The molecule has 102 valence electrons. The number of H-pyrrole nitrogens is 1. The van der Waals surface area contributed by atoms with Gasteiger partial charge in [-0.2, -0.15) is 5.10 Å². The van der Waals surface area contributed by atoms with Crippen LogP contribution in [0.15, 0.2) is 35.4 Å². The van der Waals surface area contributed by atoms with E-state index in [2.05, 4.69) is 14.9 Å². The first-order valence-electron chi connectivity index (χ1n) is 5.70. The Morgan fingerprint density at radius 3 is 2.53 bits per heavy atom. The van der Waals surface area contributed by atoms with Crippen LogP contribution in [-0.4, -0.2) is 24.5 Å². The van der Waals surface area contributed by atoms with Crippen molar-refractivity contribution >= 4 is 27.4 Å². The number of rotatable bonds is 5. The van der Waals surface area contributed by atoms with E-state index in [9.17, 15) is 8.42 Å². The lowest BCUT2D eigenvalue weighted by Gasteiger charge is -2.07. The van der Waals surface area contributed by atoms with Crippen LogP contribution in [0.5, 0.6) is 0 Å². The van der Waals surface area contributed by atoms with Gasteiger partial charge >= 0.3 is 0 Å². The van der Waals surface area contributed by atoms with Crippen LogP contribution in [0.2, 0.25) is 0 Å². The van der Waals surface area contributed by atoms with Crippen molar-refractivity contribution < 1.29 is 8.42 Å². The van der Waals surface area contributed by atoms with Gasteiger partial charge in [0.05, 0.1) is 11.1 Å². The second-order valence-corrected chi connectivity index (χ2v) is 6.18. The van der Waals surface area contributed by atoms with Gasteiger partial charge < -0.3 is 0 Å². The Bertz CT molecular complexity index is 650. The molecule has 19 heavy (non-hydrogen) atoms. The molecule has 0 atom stereocenters. The molecule has 0 saturated heterocycles. The largest absolute Gasteiger partial charge is 0.264 e. The quantitative estimate of drug-likeness (QED) is 0.832. The highest BCUT2D eigenvalue weighted by Gasteiger charge is 2.15. The lowest BCUT2D eigenvalue weighted by atomic mass is 10.2. The molecule has 0 aliphatic carbocycles. The first kappa shape index (κ1) is 13.9. The number of alkyl halides is 1. The summed E-state index contributed by atoms with van der Waals surface area (Å²) in [5.74, 6) is 0.891. The first-order chi connectivity index (χ1) is 9.03. The number of aromatic nitrogens is 2. The SMILES string of the molecule is Cc1cn[nH]c1NS(=O)(=O)c1ccc(CCCl)cc1. The molecule has 2 N–H and O–H groups in total. The second-order valence-electron chi connectivity index (χ2n) is 4.12. The summed E-state index contributed by atoms with van der Waals surface area (Å²) in [7, 11) is -3.59. The van der Waals surface area contributed by atoms with Crippen LogP contribution in [0.3, 0.4) is 0 Å². The van der Waals surface area contributed by atoms with Crippen molar-refractivity contribution in [1.29, 1.82) is 0 Å². The monoisotopic (exact) mass is 299 g/mol. The highest BCUT2D eigenvalue weighted by Crippen LogP contribution is 2.17. The molecule has 0 saturated carbocycles. The minimum Gasteiger partial charge on any atom is -0.264 e. The predicted molar refractivity (Wildman–Crippen MR) is 75.0 cm³/mol. The maximum atomic E-state index is 12.1. The van der Waals surface area contributed by atoms with Gasteiger partial charge in [-0.05, 0) is 31.0 Å². The van der Waals surface area contributed by atoms with Gasteiger partial charge in [-0.3, -0.25) is 9.82 Å². The van der Waals surface area contributed by atoms with Crippen molar-refractivity contribution in [1.82, 2.24) is 10.2 Å². The number of sulfonamides is 1. The summed E-state index contributed by atoms with van der Waals surface area (Å²) in [6.07, 6.45) is 2.27. The van der Waals surface area contributed by atoms with Crippen LogP contribution >= 0.6 is 11.6 Å². The molecule has 0 amide bonds. The fourth-order valence-corrected chi connectivity index (χ4v) is 2.89. The summed E-state index contributed by atoms with van der Waals surface area (Å²) in [6, 6.07) is 6.65. The molecule has 1 aromatic heterocycles. The molecule has 0 unspecified atom stereocenters. The maximum Gasteiger partial charge on any atom is 0.263 e. The average molecular weight is 300 g/mol. The van der Waals surface area contributed by atoms with Crippen LogP contribution in [0.4, 0.5) is 5.82 Å². The van der Waals surface area contributed by atoms with Crippen LogP contribution in [-0.2, 0) is 16.4 Å². The molecule has 0 fully saturated rings. The van der Waals surface area contributed by atoms with Crippen molar-refractivity contribution in [3.8, 4) is 0 Å². The smallest absolute Gasteiger partial charge is 0.263 e. The number of anilines is 1. The topological polar surface area (TPSA) is 74.8 Å². The predicted octanol–water partition coefficient (Wildman–Crippen LogP) is 2.30. The summed E-state index contributed by atoms with van der Waals surface area (Å²) in [5, 5.41) is 6.38. The van der Waals surface area contributed by atoms with Crippen molar-refractivity contribution in [2.45, 2.75) is 18.2 Å².